The molecule has 26 heavy (non-hydrogen) atoms. The van der Waals surface area contributed by atoms with Crippen LogP contribution in [-0.4, -0.2) is 36.6 Å². The Bertz CT molecular complexity index is 809. The van der Waals surface area contributed by atoms with Gasteiger partial charge in [0.1, 0.15) is 6.04 Å². The molecule has 2 aliphatic heterocycles. The van der Waals surface area contributed by atoms with E-state index in [1.807, 2.05) is 25.4 Å². The fourth-order valence-electron chi connectivity index (χ4n) is 4.92. The van der Waals surface area contributed by atoms with E-state index in [1.165, 1.54) is 16.3 Å². The van der Waals surface area contributed by atoms with Crippen molar-refractivity contribution >= 4 is 19.2 Å². The maximum absolute atomic E-state index is 12.7. The van der Waals surface area contributed by atoms with Crippen molar-refractivity contribution in [3.8, 4) is 0 Å². The second-order valence-corrected chi connectivity index (χ2v) is 12.6. The number of carbonyl (C=O) groups excluding carboxylic acids is 1. The van der Waals surface area contributed by atoms with Crippen LogP contribution in [-0.2, 0) is 16.1 Å². The number of hydrogen-bond donors (Lipinski definition) is 0. The van der Waals surface area contributed by atoms with E-state index in [0.717, 1.165) is 13.0 Å². The summed E-state index contributed by atoms with van der Waals surface area (Å²) in [5.74, 6) is -0.0759. The van der Waals surface area contributed by atoms with Crippen LogP contribution in [0.3, 0.4) is 0 Å². The molecule has 4 rings (SSSR count). The predicted octanol–water partition coefficient (Wildman–Crippen LogP) is 3.26. The fourth-order valence-corrected chi connectivity index (χ4v) is 8.75. The quantitative estimate of drug-likeness (QED) is 0.615. The fraction of sp³-hybridized carbons (Fsp3) is 0.429. The lowest BCUT2D eigenvalue weighted by molar-refractivity contribution is -0.149. The molecule has 3 atom stereocenters. The first-order chi connectivity index (χ1) is 12.5. The highest BCUT2D eigenvalue weighted by molar-refractivity contribution is 6.92. The minimum absolute atomic E-state index is 0.0759. The highest BCUT2D eigenvalue weighted by atomic mass is 28.3. The molecule has 1 fully saturated rings. The molecule has 0 bridgehead atoms. The number of benzene rings is 1. The Balaban J connectivity index is 1.75. The number of fused-ring (bicyclic) bond motifs is 3. The van der Waals surface area contributed by atoms with Gasteiger partial charge in [0.15, 0.2) is 0 Å². The number of hydrogen-bond acceptors (Lipinski definition) is 4. The van der Waals surface area contributed by atoms with E-state index < -0.39 is 8.07 Å². The first-order valence-corrected chi connectivity index (χ1v) is 12.5. The van der Waals surface area contributed by atoms with Gasteiger partial charge in [-0.25, -0.2) is 0 Å². The third-order valence-corrected chi connectivity index (χ3v) is 10.4. The standard InChI is InChI=1S/C21H26N2O2Si/c1-4-25-21(24)17-12-19-20(23(17)14-15-8-6-5-7-9-15)16-13-22-11-10-18(16)26(19,2)3/h5-11,13,17,19-20H,4,12,14H2,1-3H3. The number of aromatic nitrogens is 1. The number of rotatable bonds is 4. The molecule has 2 aliphatic rings. The molecule has 0 saturated carbocycles. The van der Waals surface area contributed by atoms with E-state index in [9.17, 15) is 4.79 Å². The van der Waals surface area contributed by atoms with Crippen LogP contribution in [0.25, 0.3) is 0 Å². The van der Waals surface area contributed by atoms with Crippen molar-refractivity contribution in [2.45, 2.75) is 50.6 Å². The Morgan fingerprint density at radius 1 is 1.27 bits per heavy atom. The number of esters is 1. The Morgan fingerprint density at radius 2 is 2.04 bits per heavy atom. The highest BCUT2D eigenvalue weighted by Crippen LogP contribution is 2.54. The molecule has 2 aromatic rings. The molecule has 4 nitrogen and oxygen atoms in total. The number of nitrogens with zero attached hydrogens (tertiary/aromatic N) is 2. The SMILES string of the molecule is CCOC(=O)C1CC2C(c3cnccc3[Si]2(C)C)N1Cc1ccccc1. The zero-order valence-corrected chi connectivity index (χ0v) is 16.7. The van der Waals surface area contributed by atoms with Crippen LogP contribution in [0.1, 0.15) is 30.5 Å². The van der Waals surface area contributed by atoms with Gasteiger partial charge in [-0.1, -0.05) is 48.6 Å². The average Bonchev–Trinajstić information content (AvgIpc) is 3.12. The lowest BCUT2D eigenvalue weighted by Gasteiger charge is -2.29. The summed E-state index contributed by atoms with van der Waals surface area (Å²) in [7, 11) is -1.65. The maximum Gasteiger partial charge on any atom is 0.323 e. The van der Waals surface area contributed by atoms with Crippen LogP contribution in [0.4, 0.5) is 0 Å². The third-order valence-electron chi connectivity index (χ3n) is 6.17. The topological polar surface area (TPSA) is 42.4 Å². The lowest BCUT2D eigenvalue weighted by Crippen LogP contribution is -2.43. The first kappa shape index (κ1) is 17.4. The minimum atomic E-state index is -1.65. The van der Waals surface area contributed by atoms with Crippen molar-refractivity contribution in [3.63, 3.8) is 0 Å². The minimum Gasteiger partial charge on any atom is -0.465 e. The van der Waals surface area contributed by atoms with Crippen molar-refractivity contribution in [1.82, 2.24) is 9.88 Å². The van der Waals surface area contributed by atoms with Crippen molar-refractivity contribution in [2.24, 2.45) is 0 Å². The molecule has 0 radical (unpaired) electrons. The molecular formula is C21H26N2O2Si. The molecule has 1 aromatic heterocycles. The number of pyridine rings is 1. The van der Waals surface area contributed by atoms with Gasteiger partial charge in [0.2, 0.25) is 0 Å². The smallest absolute Gasteiger partial charge is 0.323 e. The van der Waals surface area contributed by atoms with Crippen LogP contribution >= 0.6 is 0 Å². The second-order valence-electron chi connectivity index (χ2n) is 7.90. The van der Waals surface area contributed by atoms with Gasteiger partial charge < -0.3 is 4.74 Å². The molecule has 3 unspecified atom stereocenters. The number of ether oxygens (including phenoxy) is 1. The molecule has 3 heterocycles. The average molecular weight is 367 g/mol. The predicted molar refractivity (Wildman–Crippen MR) is 105 cm³/mol. The summed E-state index contributed by atoms with van der Waals surface area (Å²) in [6.07, 6.45) is 4.84. The maximum atomic E-state index is 12.7. The van der Waals surface area contributed by atoms with Gasteiger partial charge in [-0.15, -0.1) is 0 Å². The van der Waals surface area contributed by atoms with Gasteiger partial charge in [-0.2, -0.15) is 0 Å². The number of carbonyl (C=O) groups is 1. The van der Waals surface area contributed by atoms with Crippen LogP contribution in [0.5, 0.6) is 0 Å². The van der Waals surface area contributed by atoms with Gasteiger partial charge in [0.05, 0.1) is 14.7 Å². The largest absolute Gasteiger partial charge is 0.465 e. The summed E-state index contributed by atoms with van der Waals surface area (Å²) in [5.41, 5.74) is 3.09. The van der Waals surface area contributed by atoms with E-state index in [-0.39, 0.29) is 18.1 Å². The first-order valence-electron chi connectivity index (χ1n) is 9.44. The molecule has 1 aromatic carbocycles. The van der Waals surface area contributed by atoms with Gasteiger partial charge in [0.25, 0.3) is 0 Å². The van der Waals surface area contributed by atoms with Crippen LogP contribution in [0.15, 0.2) is 48.8 Å². The Morgan fingerprint density at radius 3 is 2.77 bits per heavy atom. The zero-order valence-electron chi connectivity index (χ0n) is 15.7. The number of likely N-dealkylation sites (tertiary alicyclic amines) is 1. The van der Waals surface area contributed by atoms with Crippen LogP contribution in [0, 0.1) is 0 Å². The normalized spacial score (nSPS) is 26.3. The molecule has 1 saturated heterocycles. The monoisotopic (exact) mass is 366 g/mol. The van der Waals surface area contributed by atoms with Crippen molar-refractivity contribution in [2.75, 3.05) is 6.61 Å². The summed E-state index contributed by atoms with van der Waals surface area (Å²) in [5, 5.41) is 1.50. The van der Waals surface area contributed by atoms with E-state index in [2.05, 4.69) is 53.3 Å². The molecule has 0 N–H and O–H groups in total. The molecule has 136 valence electrons. The third kappa shape index (κ3) is 2.70. The van der Waals surface area contributed by atoms with Crippen LogP contribution < -0.4 is 5.19 Å². The molecule has 0 aliphatic carbocycles. The summed E-state index contributed by atoms with van der Waals surface area (Å²) in [6.45, 7) is 7.95. The highest BCUT2D eigenvalue weighted by Gasteiger charge is 2.57. The summed E-state index contributed by atoms with van der Waals surface area (Å²) < 4.78 is 5.43. The summed E-state index contributed by atoms with van der Waals surface area (Å²) >= 11 is 0. The molecule has 0 amide bonds. The van der Waals surface area contributed by atoms with Gasteiger partial charge in [-0.05, 0) is 36.1 Å². The van der Waals surface area contributed by atoms with Crippen molar-refractivity contribution in [3.05, 3.63) is 59.9 Å². The second kappa shape index (κ2) is 6.63. The van der Waals surface area contributed by atoms with Gasteiger partial charge in [0, 0.05) is 25.0 Å². The van der Waals surface area contributed by atoms with Gasteiger partial charge >= 0.3 is 5.97 Å². The van der Waals surface area contributed by atoms with Gasteiger partial charge in [-0.3, -0.25) is 14.7 Å². The van der Waals surface area contributed by atoms with Crippen molar-refractivity contribution < 1.29 is 9.53 Å². The molecular weight excluding hydrogens is 340 g/mol. The van der Waals surface area contributed by atoms with E-state index in [0.29, 0.717) is 12.1 Å². The Kier molecular flexibility index (Phi) is 4.45. The Labute approximate surface area is 156 Å². The Hall–Kier alpha value is -1.98. The molecule has 5 heteroatoms. The van der Waals surface area contributed by atoms with E-state index >= 15 is 0 Å². The lowest BCUT2D eigenvalue weighted by atomic mass is 10.1. The summed E-state index contributed by atoms with van der Waals surface area (Å²) in [4.78, 5) is 19.5. The molecule has 0 spiro atoms. The van der Waals surface area contributed by atoms with Crippen LogP contribution in [0.2, 0.25) is 18.6 Å². The zero-order chi connectivity index (χ0) is 18.3. The van der Waals surface area contributed by atoms with E-state index in [1.54, 1.807) is 0 Å². The summed E-state index contributed by atoms with van der Waals surface area (Å²) in [6, 6.07) is 12.7. The van der Waals surface area contributed by atoms with E-state index in [4.69, 9.17) is 4.74 Å². The van der Waals surface area contributed by atoms with Crippen molar-refractivity contribution in [1.29, 1.82) is 0 Å².